The minimum Gasteiger partial charge on any atom is -0.469 e. The van der Waals surface area contributed by atoms with Crippen molar-refractivity contribution < 1.29 is 22.7 Å². The molecule has 27 heavy (non-hydrogen) atoms. The van der Waals surface area contributed by atoms with E-state index in [9.17, 15) is 18.0 Å². The Kier molecular flexibility index (Phi) is 6.75. The van der Waals surface area contributed by atoms with Crippen molar-refractivity contribution in [2.45, 2.75) is 32.7 Å². The van der Waals surface area contributed by atoms with Crippen molar-refractivity contribution in [3.8, 4) is 0 Å². The topological polar surface area (TPSA) is 84.0 Å². The van der Waals surface area contributed by atoms with Crippen LogP contribution in [0.1, 0.15) is 25.3 Å². The SMILES string of the molecule is COC(=O)C1CCN(C(=O)[C@H](C)N(c2ccc(C)c(Cl)c2)S(C)(=O)=O)CC1. The number of carbonyl (C=O) groups is 2. The lowest BCUT2D eigenvalue weighted by atomic mass is 9.96. The van der Waals surface area contributed by atoms with Crippen LogP contribution in [0.2, 0.25) is 5.02 Å². The summed E-state index contributed by atoms with van der Waals surface area (Å²) in [5.74, 6) is -0.807. The molecule has 2 rings (SSSR count). The molecule has 0 N–H and O–H groups in total. The van der Waals surface area contributed by atoms with Gasteiger partial charge < -0.3 is 9.64 Å². The van der Waals surface area contributed by atoms with E-state index in [1.165, 1.54) is 7.11 Å². The number of methoxy groups -OCH3 is 1. The van der Waals surface area contributed by atoms with E-state index in [1.807, 2.05) is 6.92 Å². The van der Waals surface area contributed by atoms with Crippen LogP contribution in [0, 0.1) is 12.8 Å². The van der Waals surface area contributed by atoms with Gasteiger partial charge in [-0.05, 0) is 44.4 Å². The lowest BCUT2D eigenvalue weighted by Gasteiger charge is -2.36. The van der Waals surface area contributed by atoms with Gasteiger partial charge in [0, 0.05) is 18.1 Å². The molecule has 1 aromatic carbocycles. The van der Waals surface area contributed by atoms with E-state index >= 15 is 0 Å². The van der Waals surface area contributed by atoms with E-state index in [2.05, 4.69) is 0 Å². The van der Waals surface area contributed by atoms with Crippen molar-refractivity contribution >= 4 is 39.2 Å². The van der Waals surface area contributed by atoms with E-state index in [0.29, 0.717) is 36.6 Å². The van der Waals surface area contributed by atoms with Gasteiger partial charge in [-0.1, -0.05) is 17.7 Å². The first kappa shape index (κ1) is 21.5. The highest BCUT2D eigenvalue weighted by Crippen LogP contribution is 2.28. The molecule has 1 aliphatic rings. The van der Waals surface area contributed by atoms with Gasteiger partial charge in [0.2, 0.25) is 15.9 Å². The molecular weight excluding hydrogens is 392 g/mol. The number of aryl methyl sites for hydroxylation is 1. The number of likely N-dealkylation sites (tertiary alicyclic amines) is 1. The van der Waals surface area contributed by atoms with Gasteiger partial charge in [-0.3, -0.25) is 13.9 Å². The number of amides is 1. The predicted molar refractivity (Wildman–Crippen MR) is 104 cm³/mol. The van der Waals surface area contributed by atoms with Crippen LogP contribution in [0.4, 0.5) is 5.69 Å². The van der Waals surface area contributed by atoms with E-state index in [0.717, 1.165) is 16.1 Å². The van der Waals surface area contributed by atoms with Crippen LogP contribution in [-0.4, -0.2) is 57.7 Å². The van der Waals surface area contributed by atoms with Crippen molar-refractivity contribution in [3.05, 3.63) is 28.8 Å². The van der Waals surface area contributed by atoms with Crippen molar-refractivity contribution in [2.24, 2.45) is 5.92 Å². The number of piperidine rings is 1. The summed E-state index contributed by atoms with van der Waals surface area (Å²) in [6.07, 6.45) is 2.06. The van der Waals surface area contributed by atoms with Crippen LogP contribution in [0.15, 0.2) is 18.2 Å². The Labute approximate surface area is 165 Å². The summed E-state index contributed by atoms with van der Waals surface area (Å²) in [6, 6.07) is 3.98. The molecule has 1 atom stereocenters. The fourth-order valence-corrected chi connectivity index (χ4v) is 4.62. The number of sulfonamides is 1. The zero-order chi connectivity index (χ0) is 20.4. The van der Waals surface area contributed by atoms with Crippen LogP contribution in [0.25, 0.3) is 0 Å². The first-order valence-corrected chi connectivity index (χ1v) is 10.9. The third-order valence-electron chi connectivity index (χ3n) is 4.82. The van der Waals surface area contributed by atoms with Gasteiger partial charge in [0.15, 0.2) is 0 Å². The molecule has 0 radical (unpaired) electrons. The number of rotatable bonds is 5. The second-order valence-corrected chi connectivity index (χ2v) is 9.06. The van der Waals surface area contributed by atoms with Crippen LogP contribution >= 0.6 is 11.6 Å². The molecule has 1 saturated heterocycles. The summed E-state index contributed by atoms with van der Waals surface area (Å²) in [6.45, 7) is 4.14. The summed E-state index contributed by atoms with van der Waals surface area (Å²) in [7, 11) is -2.36. The Morgan fingerprint density at radius 2 is 1.89 bits per heavy atom. The average Bonchev–Trinajstić information content (AvgIpc) is 2.62. The molecule has 1 fully saturated rings. The molecule has 0 unspecified atom stereocenters. The number of esters is 1. The van der Waals surface area contributed by atoms with Crippen molar-refractivity contribution in [1.82, 2.24) is 4.90 Å². The Morgan fingerprint density at radius 3 is 2.37 bits per heavy atom. The normalized spacial score (nSPS) is 16.7. The number of carbonyl (C=O) groups excluding carboxylic acids is 2. The van der Waals surface area contributed by atoms with Gasteiger partial charge in [-0.25, -0.2) is 8.42 Å². The maximum atomic E-state index is 12.9. The molecule has 1 amide bonds. The molecular formula is C18H25ClN2O5S. The minimum absolute atomic E-state index is 0.226. The maximum absolute atomic E-state index is 12.9. The van der Waals surface area contributed by atoms with Gasteiger partial charge in [0.1, 0.15) is 6.04 Å². The molecule has 150 valence electrons. The Balaban J connectivity index is 2.21. The number of benzene rings is 1. The summed E-state index contributed by atoms with van der Waals surface area (Å²) < 4.78 is 30.6. The van der Waals surface area contributed by atoms with Crippen LogP contribution < -0.4 is 4.31 Å². The van der Waals surface area contributed by atoms with Gasteiger partial charge in [0.25, 0.3) is 0 Å². The third kappa shape index (κ3) is 4.93. The van der Waals surface area contributed by atoms with Crippen LogP contribution in [-0.2, 0) is 24.3 Å². The zero-order valence-corrected chi connectivity index (χ0v) is 17.5. The van der Waals surface area contributed by atoms with Gasteiger partial charge >= 0.3 is 5.97 Å². The van der Waals surface area contributed by atoms with Crippen molar-refractivity contribution in [1.29, 1.82) is 0 Å². The Bertz CT molecular complexity index is 819. The molecule has 0 saturated carbocycles. The molecule has 0 bridgehead atoms. The zero-order valence-electron chi connectivity index (χ0n) is 15.9. The largest absolute Gasteiger partial charge is 0.469 e. The summed E-state index contributed by atoms with van der Waals surface area (Å²) in [5, 5.41) is 0.430. The lowest BCUT2D eigenvalue weighted by molar-refractivity contribution is -0.149. The van der Waals surface area contributed by atoms with Gasteiger partial charge in [-0.2, -0.15) is 0 Å². The number of halogens is 1. The Hall–Kier alpha value is -1.80. The quantitative estimate of drug-likeness (QED) is 0.687. The molecule has 1 aromatic rings. The second-order valence-electron chi connectivity index (χ2n) is 6.79. The summed E-state index contributed by atoms with van der Waals surface area (Å²) >= 11 is 6.14. The van der Waals surface area contributed by atoms with E-state index < -0.39 is 16.1 Å². The molecule has 1 heterocycles. The average molecular weight is 417 g/mol. The summed E-state index contributed by atoms with van der Waals surface area (Å²) in [4.78, 5) is 26.2. The Morgan fingerprint density at radius 1 is 1.30 bits per heavy atom. The van der Waals surface area contributed by atoms with E-state index in [1.54, 1.807) is 30.0 Å². The fourth-order valence-electron chi connectivity index (χ4n) is 3.29. The van der Waals surface area contributed by atoms with Crippen LogP contribution in [0.3, 0.4) is 0 Å². The molecule has 7 nitrogen and oxygen atoms in total. The lowest BCUT2D eigenvalue weighted by Crippen LogP contribution is -2.51. The fraction of sp³-hybridized carbons (Fsp3) is 0.556. The third-order valence-corrected chi connectivity index (χ3v) is 6.47. The highest BCUT2D eigenvalue weighted by molar-refractivity contribution is 7.92. The standard InChI is InChI=1S/C18H25ClN2O5S/c1-12-5-6-15(11-16(12)19)21(27(4,24)25)13(2)17(22)20-9-7-14(8-10-20)18(23)26-3/h5-6,11,13-14H,7-10H2,1-4H3/t13-/m0/s1. The van der Waals surface area contributed by atoms with Gasteiger partial charge in [0.05, 0.1) is 25.0 Å². The van der Waals surface area contributed by atoms with Gasteiger partial charge in [-0.15, -0.1) is 0 Å². The first-order valence-electron chi connectivity index (χ1n) is 8.68. The van der Waals surface area contributed by atoms with E-state index in [4.69, 9.17) is 16.3 Å². The molecule has 0 spiro atoms. The van der Waals surface area contributed by atoms with Crippen LogP contribution in [0.5, 0.6) is 0 Å². The molecule has 0 aliphatic carbocycles. The molecule has 0 aromatic heterocycles. The maximum Gasteiger partial charge on any atom is 0.308 e. The monoisotopic (exact) mass is 416 g/mol. The number of anilines is 1. The highest BCUT2D eigenvalue weighted by Gasteiger charge is 2.35. The predicted octanol–water partition coefficient (Wildman–Crippen LogP) is 2.21. The number of nitrogens with zero attached hydrogens (tertiary/aromatic N) is 2. The van der Waals surface area contributed by atoms with Crippen molar-refractivity contribution in [2.75, 3.05) is 30.8 Å². The summed E-state index contributed by atoms with van der Waals surface area (Å²) in [5.41, 5.74) is 1.16. The molecule has 1 aliphatic heterocycles. The number of ether oxygens (including phenoxy) is 1. The minimum atomic E-state index is -3.71. The smallest absolute Gasteiger partial charge is 0.308 e. The molecule has 9 heteroatoms. The van der Waals surface area contributed by atoms with E-state index in [-0.39, 0.29) is 17.8 Å². The van der Waals surface area contributed by atoms with Crippen molar-refractivity contribution in [3.63, 3.8) is 0 Å². The number of hydrogen-bond donors (Lipinski definition) is 0. The highest BCUT2D eigenvalue weighted by atomic mass is 35.5. The second kappa shape index (κ2) is 8.48. The number of hydrogen-bond acceptors (Lipinski definition) is 5. The first-order chi connectivity index (χ1) is 12.6.